The standard InChI is InChI=1S/C21H22ClNO3/c1-14-18-13-20(26-3)19(25-2)12-16(18)9-10-23(14)21(24)8-7-15-5-4-6-17(22)11-15/h4-8,11-14H,9-10H2,1-3H3/b8-7+/t14-/m1/s1. The maximum absolute atomic E-state index is 12.7. The van der Waals surface area contributed by atoms with Gasteiger partial charge in [-0.2, -0.15) is 0 Å². The van der Waals surface area contributed by atoms with Gasteiger partial charge in [0, 0.05) is 17.6 Å². The Balaban J connectivity index is 1.82. The first-order chi connectivity index (χ1) is 12.5. The topological polar surface area (TPSA) is 38.8 Å². The van der Waals surface area contributed by atoms with Crippen molar-refractivity contribution in [3.8, 4) is 11.5 Å². The van der Waals surface area contributed by atoms with E-state index in [1.165, 1.54) is 5.56 Å². The average molecular weight is 372 g/mol. The second kappa shape index (κ2) is 7.83. The largest absolute Gasteiger partial charge is 0.493 e. The number of fused-ring (bicyclic) bond motifs is 1. The molecule has 1 amide bonds. The number of ether oxygens (including phenoxy) is 2. The highest BCUT2D eigenvalue weighted by atomic mass is 35.5. The molecular formula is C21H22ClNO3. The first-order valence-electron chi connectivity index (χ1n) is 8.52. The van der Waals surface area contributed by atoms with Crippen molar-refractivity contribution in [3.63, 3.8) is 0 Å². The van der Waals surface area contributed by atoms with Gasteiger partial charge >= 0.3 is 0 Å². The number of carbonyl (C=O) groups excluding carboxylic acids is 1. The minimum Gasteiger partial charge on any atom is -0.493 e. The molecule has 0 unspecified atom stereocenters. The van der Waals surface area contributed by atoms with E-state index in [9.17, 15) is 4.79 Å². The highest BCUT2D eigenvalue weighted by Gasteiger charge is 2.28. The molecule has 1 aliphatic rings. The monoisotopic (exact) mass is 371 g/mol. The molecule has 0 saturated heterocycles. The summed E-state index contributed by atoms with van der Waals surface area (Å²) < 4.78 is 10.8. The third-order valence-corrected chi connectivity index (χ3v) is 4.97. The fourth-order valence-electron chi connectivity index (χ4n) is 3.32. The number of benzene rings is 2. The second-order valence-electron chi connectivity index (χ2n) is 6.25. The van der Waals surface area contributed by atoms with Crippen molar-refractivity contribution in [1.82, 2.24) is 4.90 Å². The zero-order valence-electron chi connectivity index (χ0n) is 15.2. The molecule has 26 heavy (non-hydrogen) atoms. The Labute approximate surface area is 159 Å². The summed E-state index contributed by atoms with van der Waals surface area (Å²) in [7, 11) is 3.25. The summed E-state index contributed by atoms with van der Waals surface area (Å²) in [4.78, 5) is 14.6. The van der Waals surface area contributed by atoms with E-state index in [0.717, 1.165) is 23.3 Å². The first kappa shape index (κ1) is 18.3. The van der Waals surface area contributed by atoms with Gasteiger partial charge in [0.05, 0.1) is 20.3 Å². The third kappa shape index (κ3) is 3.70. The van der Waals surface area contributed by atoms with E-state index in [1.54, 1.807) is 26.4 Å². The number of hydrogen-bond donors (Lipinski definition) is 0. The smallest absolute Gasteiger partial charge is 0.247 e. The van der Waals surface area contributed by atoms with E-state index in [0.29, 0.717) is 17.3 Å². The van der Waals surface area contributed by atoms with E-state index in [2.05, 4.69) is 0 Å². The number of carbonyl (C=O) groups is 1. The van der Waals surface area contributed by atoms with E-state index >= 15 is 0 Å². The van der Waals surface area contributed by atoms with Gasteiger partial charge in [-0.25, -0.2) is 0 Å². The Morgan fingerprint density at radius 2 is 1.92 bits per heavy atom. The fourth-order valence-corrected chi connectivity index (χ4v) is 3.52. The van der Waals surface area contributed by atoms with Crippen molar-refractivity contribution in [3.05, 3.63) is 64.2 Å². The summed E-state index contributed by atoms with van der Waals surface area (Å²) in [5, 5.41) is 0.654. The lowest BCUT2D eigenvalue weighted by molar-refractivity contribution is -0.128. The Kier molecular flexibility index (Phi) is 5.52. The minimum atomic E-state index is -0.0323. The quantitative estimate of drug-likeness (QED) is 0.742. The van der Waals surface area contributed by atoms with E-state index in [4.69, 9.17) is 21.1 Å². The minimum absolute atomic E-state index is 0.0158. The van der Waals surface area contributed by atoms with Crippen molar-refractivity contribution in [2.45, 2.75) is 19.4 Å². The Hall–Kier alpha value is -2.46. The van der Waals surface area contributed by atoms with Gasteiger partial charge < -0.3 is 14.4 Å². The molecule has 0 aromatic heterocycles. The van der Waals surface area contributed by atoms with Gasteiger partial charge in [-0.3, -0.25) is 4.79 Å². The maximum Gasteiger partial charge on any atom is 0.247 e. The molecule has 0 fully saturated rings. The predicted molar refractivity (Wildman–Crippen MR) is 104 cm³/mol. The third-order valence-electron chi connectivity index (χ3n) is 4.74. The highest BCUT2D eigenvalue weighted by Crippen LogP contribution is 2.37. The number of halogens is 1. The SMILES string of the molecule is COc1cc2c(cc1OC)[C@@H](C)N(C(=O)/C=C/c1cccc(Cl)c1)CC2. The van der Waals surface area contributed by atoms with Crippen LogP contribution in [0.15, 0.2) is 42.5 Å². The summed E-state index contributed by atoms with van der Waals surface area (Å²) in [6.07, 6.45) is 4.19. The molecule has 136 valence electrons. The van der Waals surface area contributed by atoms with Crippen molar-refractivity contribution in [2.24, 2.45) is 0 Å². The van der Waals surface area contributed by atoms with Crippen LogP contribution < -0.4 is 9.47 Å². The van der Waals surface area contributed by atoms with Gasteiger partial charge in [0.1, 0.15) is 0 Å². The Morgan fingerprint density at radius 1 is 1.19 bits per heavy atom. The van der Waals surface area contributed by atoms with Crippen molar-refractivity contribution in [2.75, 3.05) is 20.8 Å². The second-order valence-corrected chi connectivity index (χ2v) is 6.69. The van der Waals surface area contributed by atoms with Crippen molar-refractivity contribution >= 4 is 23.6 Å². The van der Waals surface area contributed by atoms with Crippen LogP contribution in [0.4, 0.5) is 0 Å². The number of amides is 1. The van der Waals surface area contributed by atoms with Crippen LogP contribution >= 0.6 is 11.6 Å². The summed E-state index contributed by atoms with van der Waals surface area (Å²) in [5.41, 5.74) is 3.19. The summed E-state index contributed by atoms with van der Waals surface area (Å²) in [6.45, 7) is 2.71. The van der Waals surface area contributed by atoms with E-state index in [1.807, 2.05) is 48.2 Å². The van der Waals surface area contributed by atoms with Gasteiger partial charge in [0.2, 0.25) is 5.91 Å². The van der Waals surface area contributed by atoms with Crippen LogP contribution in [-0.2, 0) is 11.2 Å². The van der Waals surface area contributed by atoms with Crippen LogP contribution in [0.3, 0.4) is 0 Å². The van der Waals surface area contributed by atoms with E-state index < -0.39 is 0 Å². The molecule has 0 saturated carbocycles. The molecule has 2 aromatic rings. The van der Waals surface area contributed by atoms with Crippen LogP contribution in [0, 0.1) is 0 Å². The van der Waals surface area contributed by atoms with Crippen molar-refractivity contribution < 1.29 is 14.3 Å². The molecule has 1 aliphatic heterocycles. The Morgan fingerprint density at radius 3 is 2.62 bits per heavy atom. The molecule has 0 radical (unpaired) electrons. The maximum atomic E-state index is 12.7. The molecule has 4 nitrogen and oxygen atoms in total. The fraction of sp³-hybridized carbons (Fsp3) is 0.286. The summed E-state index contributed by atoms with van der Waals surface area (Å²) >= 11 is 5.99. The summed E-state index contributed by atoms with van der Waals surface area (Å²) in [5.74, 6) is 1.39. The van der Waals surface area contributed by atoms with Gasteiger partial charge in [0.15, 0.2) is 11.5 Å². The lowest BCUT2D eigenvalue weighted by Gasteiger charge is -2.35. The van der Waals surface area contributed by atoms with Gasteiger partial charge in [-0.05, 0) is 60.4 Å². The molecule has 2 aromatic carbocycles. The van der Waals surface area contributed by atoms with E-state index in [-0.39, 0.29) is 11.9 Å². The molecule has 0 aliphatic carbocycles. The highest BCUT2D eigenvalue weighted by molar-refractivity contribution is 6.30. The van der Waals surface area contributed by atoms with Crippen LogP contribution in [0.1, 0.15) is 29.7 Å². The molecule has 0 N–H and O–H groups in total. The lowest BCUT2D eigenvalue weighted by atomic mass is 9.92. The van der Waals surface area contributed by atoms with Gasteiger partial charge in [-0.15, -0.1) is 0 Å². The Bertz CT molecular complexity index is 847. The normalized spacial score (nSPS) is 16.5. The molecular weight excluding hydrogens is 350 g/mol. The van der Waals surface area contributed by atoms with Crippen LogP contribution in [0.25, 0.3) is 6.08 Å². The van der Waals surface area contributed by atoms with Crippen molar-refractivity contribution in [1.29, 1.82) is 0 Å². The molecule has 1 heterocycles. The van der Waals surface area contributed by atoms with Crippen LogP contribution in [-0.4, -0.2) is 31.6 Å². The molecule has 0 bridgehead atoms. The molecule has 3 rings (SSSR count). The number of methoxy groups -OCH3 is 2. The number of hydrogen-bond acceptors (Lipinski definition) is 3. The molecule has 5 heteroatoms. The van der Waals surface area contributed by atoms with Crippen LogP contribution in [0.5, 0.6) is 11.5 Å². The zero-order valence-corrected chi connectivity index (χ0v) is 15.9. The van der Waals surface area contributed by atoms with Gasteiger partial charge in [0.25, 0.3) is 0 Å². The number of rotatable bonds is 4. The molecule has 1 atom stereocenters. The first-order valence-corrected chi connectivity index (χ1v) is 8.90. The number of nitrogens with zero attached hydrogens (tertiary/aromatic N) is 1. The lowest BCUT2D eigenvalue weighted by Crippen LogP contribution is -2.37. The van der Waals surface area contributed by atoms with Gasteiger partial charge in [-0.1, -0.05) is 23.7 Å². The average Bonchev–Trinajstić information content (AvgIpc) is 2.65. The predicted octanol–water partition coefficient (Wildman–Crippen LogP) is 4.52. The summed E-state index contributed by atoms with van der Waals surface area (Å²) in [6, 6.07) is 11.4. The zero-order chi connectivity index (χ0) is 18.7. The van der Waals surface area contributed by atoms with Crippen LogP contribution in [0.2, 0.25) is 5.02 Å². The molecule has 0 spiro atoms.